The van der Waals surface area contributed by atoms with E-state index >= 15 is 0 Å². The number of nitrogens with one attached hydrogen (secondary N) is 1. The van der Waals surface area contributed by atoms with Crippen LogP contribution < -0.4 is 5.32 Å². The Kier molecular flexibility index (Phi) is 2.49. The van der Waals surface area contributed by atoms with E-state index in [0.717, 1.165) is 25.3 Å². The van der Waals surface area contributed by atoms with Gasteiger partial charge < -0.3 is 9.88 Å². The molecular weight excluding hydrogens is 220 g/mol. The third kappa shape index (κ3) is 1.66. The van der Waals surface area contributed by atoms with E-state index in [1.54, 1.807) is 11.3 Å². The zero-order valence-corrected chi connectivity index (χ0v) is 10.00. The van der Waals surface area contributed by atoms with Gasteiger partial charge in [0.05, 0.1) is 24.1 Å². The van der Waals surface area contributed by atoms with E-state index in [2.05, 4.69) is 26.8 Å². The number of thiazole rings is 1. The average Bonchev–Trinajstić information content (AvgIpc) is 2.76. The van der Waals surface area contributed by atoms with Crippen LogP contribution in [-0.4, -0.2) is 27.6 Å². The molecule has 1 fully saturated rings. The van der Waals surface area contributed by atoms with E-state index in [-0.39, 0.29) is 0 Å². The summed E-state index contributed by atoms with van der Waals surface area (Å²) in [6.45, 7) is 5.12. The molecule has 0 aromatic carbocycles. The second kappa shape index (κ2) is 3.99. The van der Waals surface area contributed by atoms with Crippen LogP contribution in [0.25, 0.3) is 0 Å². The van der Waals surface area contributed by atoms with Gasteiger partial charge in [0.15, 0.2) is 0 Å². The van der Waals surface area contributed by atoms with E-state index in [0.29, 0.717) is 5.92 Å². The highest BCUT2D eigenvalue weighted by molar-refractivity contribution is 7.09. The first-order chi connectivity index (χ1) is 7.84. The minimum absolute atomic E-state index is 0.635. The lowest BCUT2D eigenvalue weighted by atomic mass is 10.00. The molecule has 0 amide bonds. The molecule has 0 unspecified atom stereocenters. The quantitative estimate of drug-likeness (QED) is 0.872. The number of rotatable bonds is 3. The fraction of sp³-hybridized carbons (Fsp3) is 0.455. The van der Waals surface area contributed by atoms with Gasteiger partial charge in [-0.3, -0.25) is 0 Å². The first-order valence-electron chi connectivity index (χ1n) is 5.44. The van der Waals surface area contributed by atoms with Crippen molar-refractivity contribution in [3.63, 3.8) is 0 Å². The molecule has 3 heterocycles. The number of imidazole rings is 1. The monoisotopic (exact) mass is 234 g/mol. The van der Waals surface area contributed by atoms with Gasteiger partial charge in [0, 0.05) is 35.8 Å². The highest BCUT2D eigenvalue weighted by atomic mass is 32.1. The molecule has 4 nitrogen and oxygen atoms in total. The molecule has 1 saturated heterocycles. The van der Waals surface area contributed by atoms with Crippen LogP contribution in [0, 0.1) is 6.92 Å². The van der Waals surface area contributed by atoms with Crippen molar-refractivity contribution < 1.29 is 0 Å². The minimum Gasteiger partial charge on any atom is -0.329 e. The molecule has 5 heteroatoms. The Labute approximate surface area is 98.4 Å². The largest absolute Gasteiger partial charge is 0.329 e. The SMILES string of the molecule is Cc1ncsc1Cn1cncc1C1CNC1. The Morgan fingerprint density at radius 2 is 2.44 bits per heavy atom. The molecule has 0 radical (unpaired) electrons. The summed E-state index contributed by atoms with van der Waals surface area (Å²) in [5.41, 5.74) is 4.38. The molecule has 1 N–H and O–H groups in total. The molecule has 16 heavy (non-hydrogen) atoms. The molecule has 1 aliphatic heterocycles. The molecule has 0 atom stereocenters. The van der Waals surface area contributed by atoms with Gasteiger partial charge in [0.1, 0.15) is 0 Å². The van der Waals surface area contributed by atoms with Crippen LogP contribution in [0.4, 0.5) is 0 Å². The summed E-state index contributed by atoms with van der Waals surface area (Å²) in [6, 6.07) is 0. The maximum Gasteiger partial charge on any atom is 0.0951 e. The van der Waals surface area contributed by atoms with Gasteiger partial charge >= 0.3 is 0 Å². The Morgan fingerprint density at radius 3 is 3.06 bits per heavy atom. The molecule has 1 aliphatic rings. The summed E-state index contributed by atoms with van der Waals surface area (Å²) in [7, 11) is 0. The van der Waals surface area contributed by atoms with E-state index in [9.17, 15) is 0 Å². The Hall–Kier alpha value is -1.20. The zero-order chi connectivity index (χ0) is 11.0. The number of nitrogens with zero attached hydrogens (tertiary/aromatic N) is 3. The molecule has 2 aromatic heterocycles. The van der Waals surface area contributed by atoms with E-state index in [1.807, 2.05) is 18.0 Å². The summed E-state index contributed by atoms with van der Waals surface area (Å²) in [5, 5.41) is 3.30. The smallest absolute Gasteiger partial charge is 0.0951 e. The van der Waals surface area contributed by atoms with Crippen LogP contribution in [0.5, 0.6) is 0 Å². The van der Waals surface area contributed by atoms with Crippen molar-refractivity contribution in [2.45, 2.75) is 19.4 Å². The topological polar surface area (TPSA) is 42.7 Å². The van der Waals surface area contributed by atoms with Crippen LogP contribution in [-0.2, 0) is 6.54 Å². The predicted molar refractivity (Wildman–Crippen MR) is 63.8 cm³/mol. The fourth-order valence-electron chi connectivity index (χ4n) is 1.93. The normalized spacial score (nSPS) is 16.3. The first-order valence-corrected chi connectivity index (χ1v) is 6.32. The van der Waals surface area contributed by atoms with Crippen molar-refractivity contribution in [1.82, 2.24) is 19.9 Å². The molecule has 0 spiro atoms. The molecule has 84 valence electrons. The van der Waals surface area contributed by atoms with Crippen LogP contribution >= 0.6 is 11.3 Å². The molecule has 0 aliphatic carbocycles. The van der Waals surface area contributed by atoms with Gasteiger partial charge in [-0.05, 0) is 6.92 Å². The number of hydrogen-bond acceptors (Lipinski definition) is 4. The number of hydrogen-bond donors (Lipinski definition) is 1. The molecule has 0 bridgehead atoms. The van der Waals surface area contributed by atoms with Crippen molar-refractivity contribution in [2.75, 3.05) is 13.1 Å². The van der Waals surface area contributed by atoms with Crippen LogP contribution in [0.2, 0.25) is 0 Å². The summed E-state index contributed by atoms with van der Waals surface area (Å²) in [6.07, 6.45) is 3.91. The van der Waals surface area contributed by atoms with Crippen molar-refractivity contribution in [1.29, 1.82) is 0 Å². The summed E-state index contributed by atoms with van der Waals surface area (Å²) >= 11 is 1.72. The van der Waals surface area contributed by atoms with E-state index in [4.69, 9.17) is 0 Å². The van der Waals surface area contributed by atoms with Gasteiger partial charge in [0.2, 0.25) is 0 Å². The summed E-state index contributed by atoms with van der Waals surface area (Å²) < 4.78 is 2.24. The lowest BCUT2D eigenvalue weighted by Crippen LogP contribution is -2.40. The molecule has 0 saturated carbocycles. The molecule has 3 rings (SSSR count). The van der Waals surface area contributed by atoms with Gasteiger partial charge in [-0.2, -0.15) is 0 Å². The van der Waals surface area contributed by atoms with Crippen molar-refractivity contribution >= 4 is 11.3 Å². The lowest BCUT2D eigenvalue weighted by Gasteiger charge is -2.27. The van der Waals surface area contributed by atoms with Gasteiger partial charge in [-0.25, -0.2) is 9.97 Å². The van der Waals surface area contributed by atoms with Gasteiger partial charge in [-0.1, -0.05) is 0 Å². The maximum absolute atomic E-state index is 4.28. The third-order valence-electron chi connectivity index (χ3n) is 3.10. The number of aromatic nitrogens is 3. The van der Waals surface area contributed by atoms with Gasteiger partial charge in [0.25, 0.3) is 0 Å². The van der Waals surface area contributed by atoms with Gasteiger partial charge in [-0.15, -0.1) is 11.3 Å². The van der Waals surface area contributed by atoms with Crippen molar-refractivity contribution in [2.24, 2.45) is 0 Å². The Bertz CT molecular complexity index is 484. The maximum atomic E-state index is 4.28. The highest BCUT2D eigenvalue weighted by Gasteiger charge is 2.22. The second-order valence-electron chi connectivity index (χ2n) is 4.16. The first kappa shape index (κ1) is 9.99. The lowest BCUT2D eigenvalue weighted by molar-refractivity contribution is 0.427. The van der Waals surface area contributed by atoms with E-state index < -0.39 is 0 Å². The zero-order valence-electron chi connectivity index (χ0n) is 9.18. The Morgan fingerprint density at radius 1 is 1.56 bits per heavy atom. The van der Waals surface area contributed by atoms with Crippen LogP contribution in [0.3, 0.4) is 0 Å². The third-order valence-corrected chi connectivity index (χ3v) is 4.02. The average molecular weight is 234 g/mol. The standard InChI is InChI=1S/C11H14N4S/c1-8-11(16-7-14-8)5-15-6-13-4-10(15)9-2-12-3-9/h4,6-7,9,12H,2-3,5H2,1H3. The second-order valence-corrected chi connectivity index (χ2v) is 5.10. The summed E-state index contributed by atoms with van der Waals surface area (Å²) in [4.78, 5) is 9.86. The fourth-order valence-corrected chi connectivity index (χ4v) is 2.71. The van der Waals surface area contributed by atoms with Crippen molar-refractivity contribution in [3.05, 3.63) is 34.3 Å². The van der Waals surface area contributed by atoms with Crippen LogP contribution in [0.1, 0.15) is 22.2 Å². The summed E-state index contributed by atoms with van der Waals surface area (Å²) in [5.74, 6) is 0.635. The molecule has 2 aromatic rings. The Balaban J connectivity index is 1.84. The van der Waals surface area contributed by atoms with E-state index in [1.165, 1.54) is 10.6 Å². The van der Waals surface area contributed by atoms with Crippen LogP contribution in [0.15, 0.2) is 18.0 Å². The minimum atomic E-state index is 0.635. The number of aryl methyl sites for hydroxylation is 1. The molecular formula is C11H14N4S. The van der Waals surface area contributed by atoms with Crippen molar-refractivity contribution in [3.8, 4) is 0 Å². The predicted octanol–water partition coefficient (Wildman–Crippen LogP) is 1.38. The highest BCUT2D eigenvalue weighted by Crippen LogP contribution is 2.21.